The van der Waals surface area contributed by atoms with Crippen LogP contribution in [0.3, 0.4) is 0 Å². The Morgan fingerprint density at radius 3 is 2.75 bits per heavy atom. The fourth-order valence-electron chi connectivity index (χ4n) is 2.76. The highest BCUT2D eigenvalue weighted by Gasteiger charge is 2.27. The van der Waals surface area contributed by atoms with E-state index in [1.807, 2.05) is 0 Å². The molecule has 0 spiro atoms. The summed E-state index contributed by atoms with van der Waals surface area (Å²) < 4.78 is 13.3. The number of halogens is 1. The summed E-state index contributed by atoms with van der Waals surface area (Å²) in [6.45, 7) is 5.55. The first-order valence-corrected chi connectivity index (χ1v) is 7.02. The second-order valence-electron chi connectivity index (χ2n) is 5.05. The van der Waals surface area contributed by atoms with Crippen LogP contribution in [-0.4, -0.2) is 36.0 Å². The van der Waals surface area contributed by atoms with Crippen LogP contribution in [0, 0.1) is 15.9 Å². The van der Waals surface area contributed by atoms with E-state index < -0.39 is 10.7 Å². The Hall–Kier alpha value is -1.53. The van der Waals surface area contributed by atoms with E-state index in [0.29, 0.717) is 5.56 Å². The van der Waals surface area contributed by atoms with Crippen LogP contribution in [0.5, 0.6) is 0 Å². The third kappa shape index (κ3) is 3.32. The predicted molar refractivity (Wildman–Crippen MR) is 75.1 cm³/mol. The minimum Gasteiger partial charge on any atom is -0.314 e. The van der Waals surface area contributed by atoms with Gasteiger partial charge in [0.25, 0.3) is 5.69 Å². The van der Waals surface area contributed by atoms with Crippen LogP contribution in [-0.2, 0) is 0 Å². The molecule has 0 aliphatic carbocycles. The zero-order chi connectivity index (χ0) is 14.5. The lowest BCUT2D eigenvalue weighted by Gasteiger charge is -2.35. The Balaban J connectivity index is 2.35. The van der Waals surface area contributed by atoms with Crippen molar-refractivity contribution in [1.29, 1.82) is 0 Å². The molecule has 20 heavy (non-hydrogen) atoms. The van der Waals surface area contributed by atoms with Gasteiger partial charge in [-0.05, 0) is 18.6 Å². The molecule has 0 saturated carbocycles. The largest absolute Gasteiger partial charge is 0.314 e. The van der Waals surface area contributed by atoms with Crippen molar-refractivity contribution in [2.45, 2.75) is 25.8 Å². The smallest absolute Gasteiger partial charge is 0.277 e. The first-order valence-electron chi connectivity index (χ1n) is 7.02. The topological polar surface area (TPSA) is 58.4 Å². The Labute approximate surface area is 117 Å². The van der Waals surface area contributed by atoms with Crippen molar-refractivity contribution in [3.8, 4) is 0 Å². The van der Waals surface area contributed by atoms with Crippen LogP contribution in [0.4, 0.5) is 10.1 Å². The Kier molecular flexibility index (Phi) is 5.03. The number of benzene rings is 1. The molecule has 110 valence electrons. The van der Waals surface area contributed by atoms with E-state index in [9.17, 15) is 14.5 Å². The van der Waals surface area contributed by atoms with Crippen LogP contribution < -0.4 is 5.32 Å². The summed E-state index contributed by atoms with van der Waals surface area (Å²) >= 11 is 0. The highest BCUT2D eigenvalue weighted by Crippen LogP contribution is 2.33. The molecule has 1 aromatic rings. The first kappa shape index (κ1) is 14.9. The van der Waals surface area contributed by atoms with Gasteiger partial charge in [-0.1, -0.05) is 13.3 Å². The van der Waals surface area contributed by atoms with E-state index >= 15 is 0 Å². The molecule has 0 bridgehead atoms. The van der Waals surface area contributed by atoms with E-state index in [-0.39, 0.29) is 11.7 Å². The molecule has 5 nitrogen and oxygen atoms in total. The van der Waals surface area contributed by atoms with Crippen LogP contribution in [0.2, 0.25) is 0 Å². The zero-order valence-corrected chi connectivity index (χ0v) is 11.6. The molecule has 0 aromatic heterocycles. The number of nitro groups is 1. The second kappa shape index (κ2) is 6.76. The lowest BCUT2D eigenvalue weighted by molar-refractivity contribution is -0.386. The number of nitrogens with zero attached hydrogens (tertiary/aromatic N) is 2. The van der Waals surface area contributed by atoms with Gasteiger partial charge in [0.15, 0.2) is 0 Å². The van der Waals surface area contributed by atoms with Gasteiger partial charge in [-0.3, -0.25) is 15.0 Å². The Morgan fingerprint density at radius 1 is 1.45 bits per heavy atom. The third-order valence-corrected chi connectivity index (χ3v) is 3.70. The molecule has 1 saturated heterocycles. The quantitative estimate of drug-likeness (QED) is 0.665. The van der Waals surface area contributed by atoms with Crippen molar-refractivity contribution in [2.75, 3.05) is 26.2 Å². The van der Waals surface area contributed by atoms with Crippen molar-refractivity contribution in [3.63, 3.8) is 0 Å². The molecule has 1 atom stereocenters. The van der Waals surface area contributed by atoms with Gasteiger partial charge in [0, 0.05) is 37.8 Å². The summed E-state index contributed by atoms with van der Waals surface area (Å²) in [6, 6.07) is 3.89. The van der Waals surface area contributed by atoms with Gasteiger partial charge in [0.2, 0.25) is 0 Å². The van der Waals surface area contributed by atoms with Crippen LogP contribution in [0.25, 0.3) is 0 Å². The molecular weight excluding hydrogens is 261 g/mol. The fourth-order valence-corrected chi connectivity index (χ4v) is 2.76. The molecule has 1 fully saturated rings. The van der Waals surface area contributed by atoms with Crippen molar-refractivity contribution in [3.05, 3.63) is 39.7 Å². The molecule has 1 N–H and O–H groups in total. The standard InChI is InChI=1S/C14H20FN3O2/c1-2-3-13(17-8-6-16-7-9-17)12-5-4-11(15)10-14(12)18(19)20/h4-5,10,13,16H,2-3,6-9H2,1H3/t13-/m1/s1. The highest BCUT2D eigenvalue weighted by molar-refractivity contribution is 5.42. The van der Waals surface area contributed by atoms with Crippen molar-refractivity contribution < 1.29 is 9.31 Å². The number of hydrogen-bond donors (Lipinski definition) is 1. The number of rotatable bonds is 5. The molecular formula is C14H20FN3O2. The van der Waals surface area contributed by atoms with Gasteiger partial charge in [-0.15, -0.1) is 0 Å². The summed E-state index contributed by atoms with van der Waals surface area (Å²) in [7, 11) is 0. The lowest BCUT2D eigenvalue weighted by atomic mass is 9.98. The maximum atomic E-state index is 13.3. The van der Waals surface area contributed by atoms with Crippen molar-refractivity contribution in [1.82, 2.24) is 10.2 Å². The number of hydrogen-bond acceptors (Lipinski definition) is 4. The average Bonchev–Trinajstić information content (AvgIpc) is 2.46. The Morgan fingerprint density at radius 2 is 2.15 bits per heavy atom. The second-order valence-corrected chi connectivity index (χ2v) is 5.05. The summed E-state index contributed by atoms with van der Waals surface area (Å²) in [6.07, 6.45) is 1.77. The molecule has 1 aromatic carbocycles. The SMILES string of the molecule is CCC[C@H](c1ccc(F)cc1[N+](=O)[O-])N1CCNCC1. The summed E-state index contributed by atoms with van der Waals surface area (Å²) in [5, 5.41) is 14.4. The zero-order valence-electron chi connectivity index (χ0n) is 11.6. The number of piperazine rings is 1. The molecule has 1 aliphatic rings. The van der Waals surface area contributed by atoms with E-state index in [2.05, 4.69) is 17.1 Å². The summed E-state index contributed by atoms with van der Waals surface area (Å²) in [4.78, 5) is 12.9. The van der Waals surface area contributed by atoms with Crippen LogP contribution >= 0.6 is 0 Å². The number of nitrogens with one attached hydrogen (secondary N) is 1. The van der Waals surface area contributed by atoms with E-state index in [1.165, 1.54) is 6.07 Å². The normalized spacial score (nSPS) is 17.9. The van der Waals surface area contributed by atoms with Gasteiger partial charge in [-0.25, -0.2) is 4.39 Å². The van der Waals surface area contributed by atoms with E-state index in [0.717, 1.165) is 45.1 Å². The van der Waals surface area contributed by atoms with Gasteiger partial charge in [0.1, 0.15) is 5.82 Å². The van der Waals surface area contributed by atoms with Gasteiger partial charge >= 0.3 is 0 Å². The minimum absolute atomic E-state index is 0.0110. The lowest BCUT2D eigenvalue weighted by Crippen LogP contribution is -2.45. The maximum Gasteiger partial charge on any atom is 0.277 e. The molecule has 0 unspecified atom stereocenters. The fraction of sp³-hybridized carbons (Fsp3) is 0.571. The van der Waals surface area contributed by atoms with Gasteiger partial charge in [0.05, 0.1) is 11.0 Å². The number of nitro benzene ring substituents is 1. The molecule has 1 aliphatic heterocycles. The predicted octanol–water partition coefficient (Wildman–Crippen LogP) is 2.48. The maximum absolute atomic E-state index is 13.3. The monoisotopic (exact) mass is 281 g/mol. The molecule has 0 radical (unpaired) electrons. The average molecular weight is 281 g/mol. The minimum atomic E-state index is -0.559. The highest BCUT2D eigenvalue weighted by atomic mass is 19.1. The van der Waals surface area contributed by atoms with Gasteiger partial charge in [-0.2, -0.15) is 0 Å². The molecule has 1 heterocycles. The van der Waals surface area contributed by atoms with Crippen molar-refractivity contribution in [2.24, 2.45) is 0 Å². The summed E-state index contributed by atoms with van der Waals surface area (Å²) in [5.41, 5.74) is 0.516. The first-order chi connectivity index (χ1) is 9.63. The van der Waals surface area contributed by atoms with Crippen molar-refractivity contribution >= 4 is 5.69 Å². The van der Waals surface area contributed by atoms with Crippen LogP contribution in [0.15, 0.2) is 18.2 Å². The van der Waals surface area contributed by atoms with Gasteiger partial charge < -0.3 is 5.32 Å². The third-order valence-electron chi connectivity index (χ3n) is 3.70. The van der Waals surface area contributed by atoms with E-state index in [1.54, 1.807) is 6.07 Å². The molecule has 6 heteroatoms. The Bertz CT molecular complexity index is 475. The van der Waals surface area contributed by atoms with Crippen LogP contribution in [0.1, 0.15) is 31.4 Å². The molecule has 2 rings (SSSR count). The van der Waals surface area contributed by atoms with E-state index in [4.69, 9.17) is 0 Å². The summed E-state index contributed by atoms with van der Waals surface area (Å²) in [5.74, 6) is -0.559. The molecule has 0 amide bonds.